The normalized spacial score (nSPS) is 16.0. The second-order valence-electron chi connectivity index (χ2n) is 11.8. The number of carbonyl (C=O) groups excluding carboxylic acids is 3. The van der Waals surface area contributed by atoms with Gasteiger partial charge in [-0.2, -0.15) is 0 Å². The van der Waals surface area contributed by atoms with Crippen molar-refractivity contribution in [1.82, 2.24) is 10.1 Å². The van der Waals surface area contributed by atoms with Gasteiger partial charge in [0, 0.05) is 17.7 Å². The van der Waals surface area contributed by atoms with E-state index in [0.717, 1.165) is 5.56 Å². The monoisotopic (exact) mass is 630 g/mol. The van der Waals surface area contributed by atoms with E-state index in [4.69, 9.17) is 24.7 Å². The number of anilines is 1. The van der Waals surface area contributed by atoms with Gasteiger partial charge in [-0.05, 0) is 68.3 Å². The lowest BCUT2D eigenvalue weighted by atomic mass is 9.91. The number of nitrogens with zero attached hydrogens (tertiary/aromatic N) is 2. The van der Waals surface area contributed by atoms with Crippen LogP contribution in [0.4, 0.5) is 10.5 Å². The van der Waals surface area contributed by atoms with E-state index in [1.54, 1.807) is 81.4 Å². The maximum absolute atomic E-state index is 13.2. The average Bonchev–Trinajstić information content (AvgIpc) is 3.64. The van der Waals surface area contributed by atoms with Gasteiger partial charge in [0.1, 0.15) is 24.6 Å². The summed E-state index contributed by atoms with van der Waals surface area (Å²) in [5.41, 5.74) is 6.01. The molecule has 1 fully saturated rings. The molecule has 5 rings (SSSR count). The molecule has 0 aliphatic carbocycles. The molecule has 0 radical (unpaired) electrons. The zero-order valence-electron chi connectivity index (χ0n) is 25.6. The molecule has 4 aromatic rings. The van der Waals surface area contributed by atoms with Gasteiger partial charge in [0.25, 0.3) is 0 Å². The van der Waals surface area contributed by atoms with E-state index in [1.165, 1.54) is 4.90 Å². The maximum Gasteiger partial charge on any atom is 0.439 e. The van der Waals surface area contributed by atoms with Gasteiger partial charge >= 0.3 is 23.8 Å². The molecule has 46 heavy (non-hydrogen) atoms. The number of benzene rings is 3. The van der Waals surface area contributed by atoms with Gasteiger partial charge in [0.05, 0.1) is 6.54 Å². The van der Waals surface area contributed by atoms with Crippen molar-refractivity contribution < 1.29 is 37.9 Å². The molecule has 2 atom stereocenters. The minimum atomic E-state index is -2.09. The topological polar surface area (TPSA) is 176 Å². The van der Waals surface area contributed by atoms with Crippen LogP contribution < -0.4 is 21.1 Å². The molecule has 1 amide bonds. The first-order valence-electron chi connectivity index (χ1n) is 14.5. The Hall–Kier alpha value is -5.43. The summed E-state index contributed by atoms with van der Waals surface area (Å²) in [6.07, 6.45) is -1.23. The zero-order chi connectivity index (χ0) is 32.9. The van der Waals surface area contributed by atoms with Crippen LogP contribution in [0.3, 0.4) is 0 Å². The van der Waals surface area contributed by atoms with Gasteiger partial charge in [0.15, 0.2) is 11.9 Å². The summed E-state index contributed by atoms with van der Waals surface area (Å²) in [6, 6.07) is 22.6. The summed E-state index contributed by atoms with van der Waals surface area (Å²) in [4.78, 5) is 54.0. The first-order chi connectivity index (χ1) is 21.9. The molecule has 0 spiro atoms. The highest BCUT2D eigenvalue weighted by atomic mass is 16.6. The van der Waals surface area contributed by atoms with Crippen LogP contribution in [0.2, 0.25) is 0 Å². The quantitative estimate of drug-likeness (QED) is 0.140. The van der Waals surface area contributed by atoms with E-state index in [2.05, 4.69) is 14.7 Å². The third-order valence-electron chi connectivity index (χ3n) is 6.95. The van der Waals surface area contributed by atoms with E-state index in [1.807, 2.05) is 18.2 Å². The fraction of sp³-hybridized carbons (Fsp3) is 0.303. The third-order valence-corrected chi connectivity index (χ3v) is 6.95. The maximum atomic E-state index is 13.2. The molecule has 1 aliphatic rings. The van der Waals surface area contributed by atoms with Crippen LogP contribution in [0.25, 0.3) is 11.4 Å². The minimum absolute atomic E-state index is 0.0481. The second kappa shape index (κ2) is 13.3. The highest BCUT2D eigenvalue weighted by Crippen LogP contribution is 2.26. The van der Waals surface area contributed by atoms with Crippen molar-refractivity contribution in [2.75, 3.05) is 18.1 Å². The molecule has 1 aliphatic heterocycles. The molecule has 3 aromatic carbocycles. The van der Waals surface area contributed by atoms with Gasteiger partial charge < -0.3 is 24.7 Å². The lowest BCUT2D eigenvalue weighted by molar-refractivity contribution is -0.172. The molecule has 3 N–H and O–H groups in total. The lowest BCUT2D eigenvalue weighted by Gasteiger charge is -2.29. The van der Waals surface area contributed by atoms with Crippen molar-refractivity contribution in [2.24, 2.45) is 5.73 Å². The molecular formula is C33H34N4O9. The average molecular weight is 631 g/mol. The Morgan fingerprint density at radius 2 is 1.65 bits per heavy atom. The first-order valence-corrected chi connectivity index (χ1v) is 14.5. The Labute approximate surface area is 264 Å². The van der Waals surface area contributed by atoms with Gasteiger partial charge in [0.2, 0.25) is 5.54 Å². The molecule has 0 saturated carbocycles. The van der Waals surface area contributed by atoms with Crippen molar-refractivity contribution in [1.29, 1.82) is 0 Å². The Kier molecular flexibility index (Phi) is 9.23. The number of hydrogen-bond acceptors (Lipinski definition) is 11. The molecule has 1 aromatic heterocycles. The third kappa shape index (κ3) is 7.80. The van der Waals surface area contributed by atoms with Crippen molar-refractivity contribution >= 4 is 23.7 Å². The smallest absolute Gasteiger partial charge is 0.439 e. The fourth-order valence-electron chi connectivity index (χ4n) is 4.64. The van der Waals surface area contributed by atoms with E-state index in [0.29, 0.717) is 22.6 Å². The molecular weight excluding hydrogens is 596 g/mol. The van der Waals surface area contributed by atoms with Crippen molar-refractivity contribution in [2.45, 2.75) is 51.0 Å². The summed E-state index contributed by atoms with van der Waals surface area (Å²) < 4.78 is 26.8. The number of nitrogens with two attached hydrogens (primary N) is 1. The predicted molar refractivity (Wildman–Crippen MR) is 165 cm³/mol. The molecule has 13 heteroatoms. The Balaban J connectivity index is 1.18. The number of hydrogen-bond donors (Lipinski definition) is 2. The highest BCUT2D eigenvalue weighted by molar-refractivity contribution is 6.05. The summed E-state index contributed by atoms with van der Waals surface area (Å²) in [5, 5.41) is 3.65. The summed E-state index contributed by atoms with van der Waals surface area (Å²) in [7, 11) is 0. The van der Waals surface area contributed by atoms with E-state index in [-0.39, 0.29) is 32.0 Å². The molecule has 2 heterocycles. The summed E-state index contributed by atoms with van der Waals surface area (Å²) >= 11 is 0. The Morgan fingerprint density at radius 1 is 0.957 bits per heavy atom. The van der Waals surface area contributed by atoms with Gasteiger partial charge in [-0.15, -0.1) is 0 Å². The molecule has 13 nitrogen and oxygen atoms in total. The van der Waals surface area contributed by atoms with Crippen LogP contribution in [0, 0.1) is 0 Å². The van der Waals surface area contributed by atoms with Gasteiger partial charge in [-0.25, -0.2) is 19.2 Å². The number of cyclic esters (lactones) is 1. The van der Waals surface area contributed by atoms with E-state index < -0.39 is 41.0 Å². The number of H-pyrrole nitrogens is 1. The largest absolute Gasteiger partial charge is 0.490 e. The lowest BCUT2D eigenvalue weighted by Crippen LogP contribution is -2.59. The van der Waals surface area contributed by atoms with Crippen molar-refractivity contribution in [3.05, 3.63) is 101 Å². The Bertz CT molecular complexity index is 1730. The van der Waals surface area contributed by atoms with E-state index >= 15 is 0 Å². The minimum Gasteiger partial charge on any atom is -0.490 e. The van der Waals surface area contributed by atoms with Crippen LogP contribution in [0.5, 0.6) is 5.75 Å². The van der Waals surface area contributed by atoms with Gasteiger partial charge in [-0.3, -0.25) is 14.4 Å². The number of nitrogens with one attached hydrogen (secondary N) is 1. The number of esters is 2. The summed E-state index contributed by atoms with van der Waals surface area (Å²) in [6.45, 7) is 5.36. The van der Waals surface area contributed by atoms with Crippen LogP contribution in [0.15, 0.2) is 88.2 Å². The summed E-state index contributed by atoms with van der Waals surface area (Å²) in [5.74, 6) is -1.69. The number of rotatable bonds is 11. The molecule has 1 saturated heterocycles. The second-order valence-corrected chi connectivity index (χ2v) is 11.8. The number of ether oxygens (including phenoxy) is 4. The number of aromatic amines is 1. The number of aromatic nitrogens is 2. The molecule has 2 unspecified atom stereocenters. The van der Waals surface area contributed by atoms with Crippen LogP contribution >= 0.6 is 0 Å². The van der Waals surface area contributed by atoms with Crippen molar-refractivity contribution in [3.63, 3.8) is 0 Å². The Morgan fingerprint density at radius 3 is 2.28 bits per heavy atom. The highest BCUT2D eigenvalue weighted by Gasteiger charge is 2.47. The van der Waals surface area contributed by atoms with E-state index in [9.17, 15) is 19.2 Å². The van der Waals surface area contributed by atoms with Crippen molar-refractivity contribution in [3.8, 4) is 17.1 Å². The van der Waals surface area contributed by atoms with Crippen LogP contribution in [0.1, 0.15) is 31.9 Å². The fourth-order valence-corrected chi connectivity index (χ4v) is 4.64. The van der Waals surface area contributed by atoms with Gasteiger partial charge in [-0.1, -0.05) is 47.6 Å². The standard InChI is InChI=1S/C33H34N4O9/c1-32(2,3)45-29(39)33(34,28(38)43-19-22-7-5-4-6-8-22)17-21-9-15-25(16-10-21)42-20-26-18-37(31(41)44-26)24-13-11-23(12-14-24)27-35-30(40)46-36-27/h4-16,26H,17-20,34H2,1-3H3,(H,35,36,40). The first kappa shape index (κ1) is 32.0. The predicted octanol–water partition coefficient (Wildman–Crippen LogP) is 3.76. The SMILES string of the molecule is CC(C)(C)OC(=O)C(N)(Cc1ccc(OCC2CN(c3ccc(-c4noc(=O)[nH]4)cc3)C(=O)O2)cc1)C(=O)OCc1ccccc1. The molecule has 240 valence electrons. The molecule has 0 bridgehead atoms. The van der Waals surface area contributed by atoms with Crippen LogP contribution in [-0.2, 0) is 36.8 Å². The van der Waals surface area contributed by atoms with Crippen LogP contribution in [-0.4, -0.2) is 58.6 Å². The number of amides is 1. The zero-order valence-corrected chi connectivity index (χ0v) is 25.6. The number of carbonyl (C=O) groups is 3.